The summed E-state index contributed by atoms with van der Waals surface area (Å²) in [5.41, 5.74) is 5.37. The third kappa shape index (κ3) is 2.19. The Hall–Kier alpha value is -3.54. The van der Waals surface area contributed by atoms with E-state index in [-0.39, 0.29) is 24.4 Å². The highest BCUT2D eigenvalue weighted by molar-refractivity contribution is 5.98. The number of nitrogens with one attached hydrogen (secondary N) is 1. The van der Waals surface area contributed by atoms with Crippen molar-refractivity contribution in [2.75, 3.05) is 13.6 Å². The number of likely N-dealkylation sites (N-methyl/N-ethyl adjacent to an activating group) is 1. The molecule has 30 heavy (non-hydrogen) atoms. The Labute approximate surface area is 173 Å². The monoisotopic (exact) mass is 398 g/mol. The fourth-order valence-corrected chi connectivity index (χ4v) is 5.32. The van der Waals surface area contributed by atoms with Gasteiger partial charge in [0.05, 0.1) is 6.54 Å². The van der Waals surface area contributed by atoms with E-state index in [0.717, 1.165) is 38.6 Å². The lowest BCUT2D eigenvalue weighted by Gasteiger charge is -2.46. The fraction of sp³-hybridized carbons (Fsp3) is 0.250. The molecule has 2 aliphatic rings. The van der Waals surface area contributed by atoms with Crippen molar-refractivity contribution in [2.45, 2.75) is 18.5 Å². The largest absolute Gasteiger partial charge is 0.356 e. The van der Waals surface area contributed by atoms with Crippen LogP contribution in [0.5, 0.6) is 0 Å². The van der Waals surface area contributed by atoms with Gasteiger partial charge in [-0.15, -0.1) is 0 Å². The highest BCUT2D eigenvalue weighted by Gasteiger charge is 2.47. The number of nitrogens with zero attached hydrogens (tertiary/aromatic N) is 3. The number of para-hydroxylation sites is 2. The van der Waals surface area contributed by atoms with Gasteiger partial charge in [-0.2, -0.15) is 0 Å². The molecule has 0 unspecified atom stereocenters. The first-order valence-corrected chi connectivity index (χ1v) is 10.2. The summed E-state index contributed by atoms with van der Waals surface area (Å²) in [6.45, 7) is 0.117. The first-order valence-electron chi connectivity index (χ1n) is 10.2. The van der Waals surface area contributed by atoms with Crippen LogP contribution in [0.4, 0.5) is 0 Å². The number of carbonyl (C=O) groups is 2. The second kappa shape index (κ2) is 5.98. The van der Waals surface area contributed by atoms with Crippen molar-refractivity contribution in [1.29, 1.82) is 0 Å². The molecule has 0 aliphatic carbocycles. The van der Waals surface area contributed by atoms with Crippen LogP contribution in [0, 0.1) is 0 Å². The summed E-state index contributed by atoms with van der Waals surface area (Å²) < 4.78 is 2.10. The van der Waals surface area contributed by atoms with E-state index in [9.17, 15) is 9.59 Å². The molecular formula is C24H22N4O2. The third-order valence-corrected chi connectivity index (χ3v) is 6.68. The van der Waals surface area contributed by atoms with E-state index in [2.05, 4.69) is 40.0 Å². The molecule has 2 aromatic heterocycles. The van der Waals surface area contributed by atoms with Crippen LogP contribution in [0.15, 0.2) is 54.7 Å². The van der Waals surface area contributed by atoms with Crippen LogP contribution in [-0.4, -0.2) is 50.8 Å². The highest BCUT2D eigenvalue weighted by Crippen LogP contribution is 2.44. The number of fused-ring (bicyclic) bond motifs is 5. The van der Waals surface area contributed by atoms with Gasteiger partial charge in [-0.05, 0) is 17.7 Å². The van der Waals surface area contributed by atoms with Gasteiger partial charge in [0.1, 0.15) is 12.1 Å². The zero-order valence-corrected chi connectivity index (χ0v) is 16.9. The third-order valence-electron chi connectivity index (χ3n) is 6.68. The van der Waals surface area contributed by atoms with Gasteiger partial charge >= 0.3 is 0 Å². The maximum absolute atomic E-state index is 13.2. The van der Waals surface area contributed by atoms with E-state index >= 15 is 0 Å². The second-order valence-corrected chi connectivity index (χ2v) is 8.39. The Kier molecular flexibility index (Phi) is 3.46. The van der Waals surface area contributed by atoms with Crippen LogP contribution >= 0.6 is 0 Å². The predicted molar refractivity (Wildman–Crippen MR) is 115 cm³/mol. The quantitative estimate of drug-likeness (QED) is 0.536. The van der Waals surface area contributed by atoms with Crippen molar-refractivity contribution >= 4 is 33.6 Å². The maximum Gasteiger partial charge on any atom is 0.245 e. The number of hydrogen-bond acceptors (Lipinski definition) is 2. The second-order valence-electron chi connectivity index (χ2n) is 8.39. The number of carbonyl (C=O) groups excluding carboxylic acids is 2. The summed E-state index contributed by atoms with van der Waals surface area (Å²) >= 11 is 0. The summed E-state index contributed by atoms with van der Waals surface area (Å²) in [5, 5.41) is 2.24. The van der Waals surface area contributed by atoms with Crippen molar-refractivity contribution in [2.24, 2.45) is 7.05 Å². The van der Waals surface area contributed by atoms with E-state index in [1.807, 2.05) is 36.2 Å². The average molecular weight is 398 g/mol. The molecule has 6 rings (SSSR count). The van der Waals surface area contributed by atoms with Crippen LogP contribution < -0.4 is 0 Å². The Balaban J connectivity index is 1.67. The zero-order valence-electron chi connectivity index (χ0n) is 16.9. The summed E-state index contributed by atoms with van der Waals surface area (Å²) in [6.07, 6.45) is 2.64. The van der Waals surface area contributed by atoms with Gasteiger partial charge in [-0.1, -0.05) is 36.4 Å². The Morgan fingerprint density at radius 3 is 2.53 bits per heavy atom. The molecule has 2 amide bonds. The van der Waals surface area contributed by atoms with Crippen molar-refractivity contribution < 1.29 is 9.59 Å². The van der Waals surface area contributed by atoms with E-state index in [1.54, 1.807) is 11.9 Å². The molecule has 4 heterocycles. The van der Waals surface area contributed by atoms with Gasteiger partial charge in [0.15, 0.2) is 0 Å². The Bertz CT molecular complexity index is 1350. The standard InChI is InChI=1S/C24H22N4O2/c1-26-12-17(15-8-4-6-10-19(15)26)23-22-16(14-7-3-5-9-18(14)25-22)11-20-24(30)27(2)13-21(29)28(20)23/h3-10,12,20,23,25H,11,13H2,1-2H3/t20-,23-/m1/s1. The van der Waals surface area contributed by atoms with Crippen LogP contribution in [0.3, 0.4) is 0 Å². The number of benzene rings is 2. The lowest BCUT2D eigenvalue weighted by molar-refractivity contribution is -0.157. The SMILES string of the molecule is CN1CC(=O)N2[C@H](c3cn(C)c4ccccc34)c3[nH]c4ccccc4c3C[C@@H]2C1=O. The number of amides is 2. The molecule has 6 heteroatoms. The average Bonchev–Trinajstić information content (AvgIpc) is 3.29. The van der Waals surface area contributed by atoms with E-state index in [0.29, 0.717) is 6.42 Å². The van der Waals surface area contributed by atoms with Gasteiger partial charge in [0, 0.05) is 59.8 Å². The number of aromatic amines is 1. The van der Waals surface area contributed by atoms with E-state index < -0.39 is 6.04 Å². The number of rotatable bonds is 1. The molecule has 2 aliphatic heterocycles. The Morgan fingerprint density at radius 1 is 0.967 bits per heavy atom. The minimum absolute atomic E-state index is 0.00987. The molecule has 0 spiro atoms. The van der Waals surface area contributed by atoms with Crippen molar-refractivity contribution in [3.05, 3.63) is 71.5 Å². The molecule has 0 radical (unpaired) electrons. The fourth-order valence-electron chi connectivity index (χ4n) is 5.32. The number of aromatic nitrogens is 2. The first kappa shape index (κ1) is 17.3. The summed E-state index contributed by atoms with van der Waals surface area (Å²) in [7, 11) is 3.74. The van der Waals surface area contributed by atoms with Crippen LogP contribution in [-0.2, 0) is 23.1 Å². The molecule has 4 aromatic rings. The van der Waals surface area contributed by atoms with Crippen LogP contribution in [0.2, 0.25) is 0 Å². The number of H-pyrrole nitrogens is 1. The summed E-state index contributed by atoms with van der Waals surface area (Å²) in [5.74, 6) is 0.000100. The number of hydrogen-bond donors (Lipinski definition) is 1. The van der Waals surface area contributed by atoms with Gasteiger partial charge in [0.25, 0.3) is 0 Å². The molecule has 0 bridgehead atoms. The lowest BCUT2D eigenvalue weighted by Crippen LogP contribution is -2.62. The van der Waals surface area contributed by atoms with Crippen LogP contribution in [0.25, 0.3) is 21.8 Å². The van der Waals surface area contributed by atoms with Crippen molar-refractivity contribution in [1.82, 2.24) is 19.4 Å². The molecule has 1 saturated heterocycles. The smallest absolute Gasteiger partial charge is 0.245 e. The maximum atomic E-state index is 13.2. The molecule has 2 atom stereocenters. The van der Waals surface area contributed by atoms with Crippen LogP contribution in [0.1, 0.15) is 22.9 Å². The Morgan fingerprint density at radius 2 is 1.70 bits per heavy atom. The molecule has 0 saturated carbocycles. The summed E-state index contributed by atoms with van der Waals surface area (Å²) in [4.78, 5) is 33.4. The molecular weight excluding hydrogens is 376 g/mol. The predicted octanol–water partition coefficient (Wildman–Crippen LogP) is 2.97. The number of aryl methyl sites for hydroxylation is 1. The summed E-state index contributed by atoms with van der Waals surface area (Å²) in [6, 6.07) is 15.6. The molecule has 150 valence electrons. The molecule has 1 fully saturated rings. The molecule has 2 aromatic carbocycles. The zero-order chi connectivity index (χ0) is 20.6. The van der Waals surface area contributed by atoms with Gasteiger partial charge < -0.3 is 19.4 Å². The minimum Gasteiger partial charge on any atom is -0.356 e. The first-order chi connectivity index (χ1) is 14.5. The van der Waals surface area contributed by atoms with Crippen molar-refractivity contribution in [3.63, 3.8) is 0 Å². The topological polar surface area (TPSA) is 61.3 Å². The van der Waals surface area contributed by atoms with Gasteiger partial charge in [-0.25, -0.2) is 0 Å². The molecule has 1 N–H and O–H groups in total. The lowest BCUT2D eigenvalue weighted by atomic mass is 9.86. The number of piperazine rings is 1. The van der Waals surface area contributed by atoms with Crippen molar-refractivity contribution in [3.8, 4) is 0 Å². The molecule has 6 nitrogen and oxygen atoms in total. The normalized spacial score (nSPS) is 21.4. The highest BCUT2D eigenvalue weighted by atomic mass is 16.2. The minimum atomic E-state index is -0.480. The van der Waals surface area contributed by atoms with E-state index in [1.165, 1.54) is 0 Å². The van der Waals surface area contributed by atoms with Gasteiger partial charge in [0.2, 0.25) is 11.8 Å². The van der Waals surface area contributed by atoms with E-state index in [4.69, 9.17) is 0 Å². The van der Waals surface area contributed by atoms with Gasteiger partial charge in [-0.3, -0.25) is 9.59 Å².